The molecule has 0 saturated carbocycles. The molecule has 1 aromatic heterocycles. The fraction of sp³-hybridized carbons (Fsp3) is 0.556. The summed E-state index contributed by atoms with van der Waals surface area (Å²) in [6, 6.07) is 10.2. The van der Waals surface area contributed by atoms with Gasteiger partial charge in [0.25, 0.3) is 0 Å². The molecule has 1 aliphatic rings. The van der Waals surface area contributed by atoms with Crippen molar-refractivity contribution in [3.05, 3.63) is 30.3 Å². The number of hydrogen-bond acceptors (Lipinski definition) is 5. The van der Waals surface area contributed by atoms with E-state index >= 15 is 0 Å². The molecule has 2 heterocycles. The third kappa shape index (κ3) is 4.85. The summed E-state index contributed by atoms with van der Waals surface area (Å²) in [6.07, 6.45) is 2.37. The van der Waals surface area contributed by atoms with Gasteiger partial charge in [-0.1, -0.05) is 30.3 Å². The van der Waals surface area contributed by atoms with Crippen LogP contribution in [0, 0.1) is 5.92 Å². The lowest BCUT2D eigenvalue weighted by Crippen LogP contribution is -2.44. The smallest absolute Gasteiger partial charge is 0.243 e. The van der Waals surface area contributed by atoms with Crippen LogP contribution in [0.25, 0.3) is 11.4 Å². The van der Waals surface area contributed by atoms with Crippen molar-refractivity contribution in [2.75, 3.05) is 19.6 Å². The summed E-state index contributed by atoms with van der Waals surface area (Å²) in [5, 5.41) is 15.3. The first-order chi connectivity index (χ1) is 12.1. The van der Waals surface area contributed by atoms with E-state index in [9.17, 15) is 4.79 Å². The van der Waals surface area contributed by atoms with Crippen LogP contribution in [0.1, 0.15) is 26.7 Å². The minimum Gasteiger partial charge on any atom is -0.354 e. The zero-order valence-electron chi connectivity index (χ0n) is 14.9. The Morgan fingerprint density at radius 3 is 2.88 bits per heavy atom. The molecule has 0 aliphatic carbocycles. The lowest BCUT2D eigenvalue weighted by molar-refractivity contribution is -0.122. The molecular formula is C18H26N6O. The first-order valence-electron chi connectivity index (χ1n) is 8.96. The Morgan fingerprint density at radius 1 is 1.32 bits per heavy atom. The van der Waals surface area contributed by atoms with Gasteiger partial charge in [-0.15, -0.1) is 10.2 Å². The second kappa shape index (κ2) is 8.20. The Hall–Kier alpha value is -2.28. The van der Waals surface area contributed by atoms with Crippen LogP contribution in [0.3, 0.4) is 0 Å². The SMILES string of the molecule is CC(C)N1CCC[C@@H](CNC(=O)Cn2nnc(-c3ccccc3)n2)C1. The van der Waals surface area contributed by atoms with Crippen molar-refractivity contribution in [2.24, 2.45) is 5.92 Å². The van der Waals surface area contributed by atoms with E-state index in [-0.39, 0.29) is 12.5 Å². The number of nitrogens with zero attached hydrogens (tertiary/aromatic N) is 5. The highest BCUT2D eigenvalue weighted by molar-refractivity contribution is 5.75. The van der Waals surface area contributed by atoms with Crippen LogP contribution in [0.2, 0.25) is 0 Å². The first-order valence-corrected chi connectivity index (χ1v) is 8.96. The molecule has 0 bridgehead atoms. The molecule has 1 aliphatic heterocycles. The fourth-order valence-electron chi connectivity index (χ4n) is 3.19. The average Bonchev–Trinajstić information content (AvgIpc) is 3.09. The number of carbonyl (C=O) groups excluding carboxylic acids is 1. The predicted molar refractivity (Wildman–Crippen MR) is 95.7 cm³/mol. The van der Waals surface area contributed by atoms with Crippen LogP contribution in [-0.4, -0.2) is 56.7 Å². The van der Waals surface area contributed by atoms with E-state index in [0.717, 1.165) is 18.7 Å². The van der Waals surface area contributed by atoms with Crippen molar-refractivity contribution in [2.45, 2.75) is 39.3 Å². The summed E-state index contributed by atoms with van der Waals surface area (Å²) in [7, 11) is 0. The molecule has 2 aromatic rings. The summed E-state index contributed by atoms with van der Waals surface area (Å²) in [4.78, 5) is 16.0. The van der Waals surface area contributed by atoms with Crippen LogP contribution < -0.4 is 5.32 Å². The number of likely N-dealkylation sites (tertiary alicyclic amines) is 1. The van der Waals surface area contributed by atoms with Gasteiger partial charge in [0.15, 0.2) is 0 Å². The molecule has 7 heteroatoms. The van der Waals surface area contributed by atoms with Gasteiger partial charge in [-0.05, 0) is 44.4 Å². The molecule has 1 amide bonds. The van der Waals surface area contributed by atoms with Gasteiger partial charge in [0.1, 0.15) is 6.54 Å². The Kier molecular flexibility index (Phi) is 5.75. The molecular weight excluding hydrogens is 316 g/mol. The number of tetrazole rings is 1. The number of nitrogens with one attached hydrogen (secondary N) is 1. The summed E-state index contributed by atoms with van der Waals surface area (Å²) < 4.78 is 0. The van der Waals surface area contributed by atoms with Crippen molar-refractivity contribution >= 4 is 5.91 Å². The topological polar surface area (TPSA) is 75.9 Å². The summed E-state index contributed by atoms with van der Waals surface area (Å²) in [5.41, 5.74) is 0.894. The fourth-order valence-corrected chi connectivity index (χ4v) is 3.19. The van der Waals surface area contributed by atoms with E-state index in [1.54, 1.807) is 0 Å². The van der Waals surface area contributed by atoms with Gasteiger partial charge >= 0.3 is 0 Å². The number of aromatic nitrogens is 4. The maximum atomic E-state index is 12.2. The zero-order chi connectivity index (χ0) is 17.6. The van der Waals surface area contributed by atoms with Gasteiger partial charge in [-0.3, -0.25) is 4.79 Å². The minimum atomic E-state index is -0.0707. The molecule has 1 saturated heterocycles. The van der Waals surface area contributed by atoms with Gasteiger partial charge in [0.2, 0.25) is 11.7 Å². The number of amides is 1. The average molecular weight is 342 g/mol. The standard InChI is InChI=1S/C18H26N6O/c1-14(2)23-10-6-7-15(12-23)11-19-17(25)13-24-21-18(20-22-24)16-8-4-3-5-9-16/h3-5,8-9,14-15H,6-7,10-13H2,1-2H3,(H,19,25)/t15-/m0/s1. The molecule has 1 fully saturated rings. The van der Waals surface area contributed by atoms with Gasteiger partial charge in [0.05, 0.1) is 0 Å². The van der Waals surface area contributed by atoms with Crippen molar-refractivity contribution in [3.8, 4) is 11.4 Å². The number of rotatable bonds is 6. The van der Waals surface area contributed by atoms with E-state index in [0.29, 0.717) is 24.3 Å². The maximum absolute atomic E-state index is 12.2. The van der Waals surface area contributed by atoms with Crippen molar-refractivity contribution < 1.29 is 4.79 Å². The second-order valence-electron chi connectivity index (χ2n) is 6.91. The van der Waals surface area contributed by atoms with Gasteiger partial charge in [0, 0.05) is 24.7 Å². The van der Waals surface area contributed by atoms with Crippen molar-refractivity contribution in [1.29, 1.82) is 0 Å². The Balaban J connectivity index is 1.47. The maximum Gasteiger partial charge on any atom is 0.243 e. The lowest BCUT2D eigenvalue weighted by Gasteiger charge is -2.35. The molecule has 0 unspecified atom stereocenters. The van der Waals surface area contributed by atoms with Gasteiger partial charge in [-0.2, -0.15) is 4.80 Å². The van der Waals surface area contributed by atoms with Crippen LogP contribution in [-0.2, 0) is 11.3 Å². The highest BCUT2D eigenvalue weighted by atomic mass is 16.2. The Labute approximate surface area is 148 Å². The molecule has 7 nitrogen and oxygen atoms in total. The third-order valence-electron chi connectivity index (χ3n) is 4.64. The highest BCUT2D eigenvalue weighted by Crippen LogP contribution is 2.17. The van der Waals surface area contributed by atoms with Crippen LogP contribution >= 0.6 is 0 Å². The van der Waals surface area contributed by atoms with E-state index < -0.39 is 0 Å². The molecule has 3 rings (SSSR count). The monoisotopic (exact) mass is 342 g/mol. The summed E-state index contributed by atoms with van der Waals surface area (Å²) in [6.45, 7) is 7.47. The number of hydrogen-bond donors (Lipinski definition) is 1. The van der Waals surface area contributed by atoms with E-state index in [1.807, 2.05) is 30.3 Å². The molecule has 0 radical (unpaired) electrons. The van der Waals surface area contributed by atoms with Crippen LogP contribution in [0.15, 0.2) is 30.3 Å². The van der Waals surface area contributed by atoms with E-state index in [1.165, 1.54) is 17.6 Å². The highest BCUT2D eigenvalue weighted by Gasteiger charge is 2.22. The van der Waals surface area contributed by atoms with Crippen LogP contribution in [0.5, 0.6) is 0 Å². The first kappa shape index (κ1) is 17.5. The predicted octanol–water partition coefficient (Wildman–Crippen LogP) is 1.58. The third-order valence-corrected chi connectivity index (χ3v) is 4.64. The van der Waals surface area contributed by atoms with Crippen LogP contribution in [0.4, 0.5) is 0 Å². The molecule has 1 atom stereocenters. The molecule has 1 N–H and O–H groups in total. The second-order valence-corrected chi connectivity index (χ2v) is 6.91. The Morgan fingerprint density at radius 2 is 2.12 bits per heavy atom. The number of piperidine rings is 1. The number of benzene rings is 1. The van der Waals surface area contributed by atoms with Gasteiger partial charge in [-0.25, -0.2) is 0 Å². The molecule has 0 spiro atoms. The molecule has 25 heavy (non-hydrogen) atoms. The van der Waals surface area contributed by atoms with Crippen molar-refractivity contribution in [3.63, 3.8) is 0 Å². The largest absolute Gasteiger partial charge is 0.354 e. The minimum absolute atomic E-state index is 0.0707. The van der Waals surface area contributed by atoms with E-state index in [4.69, 9.17) is 0 Å². The van der Waals surface area contributed by atoms with Crippen molar-refractivity contribution in [1.82, 2.24) is 30.4 Å². The van der Waals surface area contributed by atoms with Gasteiger partial charge < -0.3 is 10.2 Å². The molecule has 1 aromatic carbocycles. The summed E-state index contributed by atoms with van der Waals surface area (Å²) in [5.74, 6) is 0.982. The normalized spacial score (nSPS) is 18.4. The van der Waals surface area contributed by atoms with E-state index in [2.05, 4.69) is 39.5 Å². The zero-order valence-corrected chi connectivity index (χ0v) is 14.9. The number of carbonyl (C=O) groups is 1. The quantitative estimate of drug-likeness (QED) is 0.862. The Bertz CT molecular complexity index is 684. The lowest BCUT2D eigenvalue weighted by atomic mass is 9.97. The molecule has 134 valence electrons. The summed E-state index contributed by atoms with van der Waals surface area (Å²) >= 11 is 0.